The molecule has 1 heterocycles. The van der Waals surface area contributed by atoms with Gasteiger partial charge in [-0.15, -0.1) is 0 Å². The maximum Gasteiger partial charge on any atom is 0.326 e. The molecule has 0 saturated carbocycles. The van der Waals surface area contributed by atoms with E-state index in [2.05, 4.69) is 20.9 Å². The number of hydrogen-bond acceptors (Lipinski definition) is 8. The van der Waals surface area contributed by atoms with E-state index in [1.165, 1.54) is 31.2 Å². The molecule has 42 heavy (non-hydrogen) atoms. The monoisotopic (exact) mass is 583 g/mol. The van der Waals surface area contributed by atoms with E-state index < -0.39 is 66.4 Å². The normalized spacial score (nSPS) is 14.6. The van der Waals surface area contributed by atoms with Crippen molar-refractivity contribution in [2.24, 2.45) is 5.73 Å². The third kappa shape index (κ3) is 8.52. The van der Waals surface area contributed by atoms with Crippen LogP contribution in [0.15, 0.2) is 54.7 Å². The predicted octanol–water partition coefficient (Wildman–Crippen LogP) is -0.619. The number of rotatable bonds is 14. The number of carboxylic acids is 2. The molecule has 3 amide bonds. The number of phenolic OH excluding ortho intramolecular Hbond substituents is 1. The first-order chi connectivity index (χ1) is 19.8. The van der Waals surface area contributed by atoms with E-state index >= 15 is 0 Å². The molecule has 0 spiro atoms. The Balaban J connectivity index is 1.82. The van der Waals surface area contributed by atoms with Gasteiger partial charge in [0.1, 0.15) is 23.9 Å². The lowest BCUT2D eigenvalue weighted by atomic mass is 10.0. The molecule has 0 aliphatic heterocycles. The van der Waals surface area contributed by atoms with Crippen LogP contribution >= 0.6 is 0 Å². The van der Waals surface area contributed by atoms with E-state index in [-0.39, 0.29) is 18.6 Å². The number of H-pyrrole nitrogens is 1. The highest BCUT2D eigenvalue weighted by Crippen LogP contribution is 2.19. The number of carbonyl (C=O) groups excluding carboxylic acids is 3. The number of aliphatic hydroxyl groups excluding tert-OH is 1. The van der Waals surface area contributed by atoms with Crippen LogP contribution in [0.4, 0.5) is 0 Å². The molecule has 14 nitrogen and oxygen atoms in total. The molecule has 0 aliphatic rings. The number of benzene rings is 2. The van der Waals surface area contributed by atoms with Crippen molar-refractivity contribution in [3.8, 4) is 5.75 Å². The first kappa shape index (κ1) is 31.6. The number of aromatic amines is 1. The largest absolute Gasteiger partial charge is 0.508 e. The van der Waals surface area contributed by atoms with Crippen LogP contribution in [0.1, 0.15) is 24.5 Å². The summed E-state index contributed by atoms with van der Waals surface area (Å²) in [5.41, 5.74) is 7.49. The number of aromatic nitrogens is 1. The van der Waals surface area contributed by atoms with Crippen molar-refractivity contribution < 1.29 is 44.4 Å². The zero-order chi connectivity index (χ0) is 31.0. The number of nitrogens with one attached hydrogen (secondary N) is 4. The van der Waals surface area contributed by atoms with Crippen LogP contribution in [-0.2, 0) is 36.8 Å². The van der Waals surface area contributed by atoms with Crippen LogP contribution in [0.3, 0.4) is 0 Å². The summed E-state index contributed by atoms with van der Waals surface area (Å²) in [5, 5.41) is 46.4. The summed E-state index contributed by atoms with van der Waals surface area (Å²) in [5.74, 6) is -5.57. The highest BCUT2D eigenvalue weighted by Gasteiger charge is 2.33. The molecule has 0 fully saturated rings. The molecule has 14 heteroatoms. The van der Waals surface area contributed by atoms with Crippen molar-refractivity contribution in [3.05, 3.63) is 65.9 Å². The summed E-state index contributed by atoms with van der Waals surface area (Å²) in [6.07, 6.45) is -0.765. The number of carbonyl (C=O) groups is 5. The van der Waals surface area contributed by atoms with Crippen LogP contribution in [0.25, 0.3) is 10.9 Å². The SMILES string of the molecule is CC(O)C(NC(=O)C(N)CC(=O)O)C(=O)NC(Cc1ccc(O)cc1)C(=O)NC(Cc1c[nH]c2ccccc12)C(=O)O. The second-order valence-electron chi connectivity index (χ2n) is 9.83. The molecule has 0 radical (unpaired) electrons. The Kier molecular flexibility index (Phi) is 10.6. The van der Waals surface area contributed by atoms with Gasteiger partial charge in [-0.1, -0.05) is 30.3 Å². The molecule has 3 rings (SSSR count). The highest BCUT2D eigenvalue weighted by molar-refractivity contribution is 5.95. The molecule has 5 unspecified atom stereocenters. The zero-order valence-electron chi connectivity index (χ0n) is 22.6. The number of nitrogens with two attached hydrogens (primary N) is 1. The van der Waals surface area contributed by atoms with Gasteiger partial charge >= 0.3 is 11.9 Å². The van der Waals surface area contributed by atoms with Gasteiger partial charge in [-0.05, 0) is 36.2 Å². The quantitative estimate of drug-likeness (QED) is 0.116. The van der Waals surface area contributed by atoms with Gasteiger partial charge < -0.3 is 47.1 Å². The third-order valence-corrected chi connectivity index (χ3v) is 6.52. The van der Waals surface area contributed by atoms with Gasteiger partial charge in [0.15, 0.2) is 0 Å². The number of aliphatic carboxylic acids is 2. The molecule has 3 aromatic rings. The Morgan fingerprint density at radius 2 is 1.50 bits per heavy atom. The van der Waals surface area contributed by atoms with Gasteiger partial charge in [0, 0.05) is 29.9 Å². The fourth-order valence-electron chi connectivity index (χ4n) is 4.28. The lowest BCUT2D eigenvalue weighted by Crippen LogP contribution is -2.60. The fourth-order valence-corrected chi connectivity index (χ4v) is 4.28. The van der Waals surface area contributed by atoms with Crippen molar-refractivity contribution in [2.45, 2.75) is 56.5 Å². The maximum absolute atomic E-state index is 13.4. The summed E-state index contributed by atoms with van der Waals surface area (Å²) < 4.78 is 0. The number of carboxylic acid groups (broad SMARTS) is 2. The van der Waals surface area contributed by atoms with E-state index in [0.29, 0.717) is 11.1 Å². The number of aliphatic hydroxyl groups is 1. The standard InChI is InChI=1S/C28H33N5O9/c1-14(34)24(33-25(38)19(29)12-23(36)37)27(40)31-21(10-15-6-8-17(35)9-7-15)26(39)32-22(28(41)42)11-16-13-30-20-5-3-2-4-18(16)20/h2-9,13-14,19,21-22,24,30,34-35H,10-12,29H2,1H3,(H,31,40)(H,32,39)(H,33,38)(H,36,37)(H,41,42). The number of phenols is 1. The minimum atomic E-state index is -1.62. The Morgan fingerprint density at radius 1 is 0.857 bits per heavy atom. The second-order valence-corrected chi connectivity index (χ2v) is 9.83. The lowest BCUT2D eigenvalue weighted by Gasteiger charge is -2.26. The van der Waals surface area contributed by atoms with Crippen LogP contribution in [0.2, 0.25) is 0 Å². The average Bonchev–Trinajstić information content (AvgIpc) is 3.33. The number of amides is 3. The van der Waals surface area contributed by atoms with Crippen LogP contribution in [0.5, 0.6) is 5.75 Å². The smallest absolute Gasteiger partial charge is 0.326 e. The molecular weight excluding hydrogens is 550 g/mol. The van der Waals surface area contributed by atoms with E-state index in [4.69, 9.17) is 10.8 Å². The van der Waals surface area contributed by atoms with Gasteiger partial charge in [-0.2, -0.15) is 0 Å². The zero-order valence-corrected chi connectivity index (χ0v) is 22.6. The van der Waals surface area contributed by atoms with Crippen molar-refractivity contribution in [3.63, 3.8) is 0 Å². The molecule has 1 aromatic heterocycles. The van der Waals surface area contributed by atoms with Gasteiger partial charge in [0.25, 0.3) is 0 Å². The fraction of sp³-hybridized carbons (Fsp3) is 0.321. The Labute approximate surface area is 239 Å². The maximum atomic E-state index is 13.4. The van der Waals surface area contributed by atoms with Gasteiger partial charge in [-0.25, -0.2) is 4.79 Å². The molecule has 2 aromatic carbocycles. The topological polar surface area (TPSA) is 244 Å². The van der Waals surface area contributed by atoms with E-state index in [0.717, 1.165) is 10.9 Å². The molecule has 0 bridgehead atoms. The Hall–Kier alpha value is -4.95. The summed E-state index contributed by atoms with van der Waals surface area (Å²) in [6.45, 7) is 1.20. The summed E-state index contributed by atoms with van der Waals surface area (Å²) >= 11 is 0. The molecular formula is C28H33N5O9. The number of para-hydroxylation sites is 1. The number of aromatic hydroxyl groups is 1. The third-order valence-electron chi connectivity index (χ3n) is 6.52. The van der Waals surface area contributed by atoms with E-state index in [1.54, 1.807) is 12.3 Å². The van der Waals surface area contributed by atoms with Crippen LogP contribution < -0.4 is 21.7 Å². The molecule has 0 aliphatic carbocycles. The van der Waals surface area contributed by atoms with Gasteiger partial charge in [0.2, 0.25) is 17.7 Å². The Morgan fingerprint density at radius 3 is 2.12 bits per heavy atom. The van der Waals surface area contributed by atoms with Crippen LogP contribution in [0, 0.1) is 0 Å². The summed E-state index contributed by atoms with van der Waals surface area (Å²) in [7, 11) is 0. The minimum Gasteiger partial charge on any atom is -0.508 e. The van der Waals surface area contributed by atoms with Crippen molar-refractivity contribution in [2.75, 3.05) is 0 Å². The lowest BCUT2D eigenvalue weighted by molar-refractivity contribution is -0.142. The first-order valence-corrected chi connectivity index (χ1v) is 13.0. The average molecular weight is 584 g/mol. The van der Waals surface area contributed by atoms with Crippen molar-refractivity contribution >= 4 is 40.6 Å². The minimum absolute atomic E-state index is 0.0389. The van der Waals surface area contributed by atoms with Gasteiger partial charge in [-0.3, -0.25) is 19.2 Å². The highest BCUT2D eigenvalue weighted by atomic mass is 16.4. The van der Waals surface area contributed by atoms with Crippen LogP contribution in [-0.4, -0.2) is 85.3 Å². The predicted molar refractivity (Wildman–Crippen MR) is 149 cm³/mol. The number of hydrogen-bond donors (Lipinski definition) is 9. The van der Waals surface area contributed by atoms with Crippen molar-refractivity contribution in [1.82, 2.24) is 20.9 Å². The van der Waals surface area contributed by atoms with E-state index in [9.17, 15) is 39.3 Å². The van der Waals surface area contributed by atoms with E-state index in [1.807, 2.05) is 18.2 Å². The molecule has 0 saturated heterocycles. The molecule has 5 atom stereocenters. The first-order valence-electron chi connectivity index (χ1n) is 13.0. The second kappa shape index (κ2) is 14.1. The van der Waals surface area contributed by atoms with Gasteiger partial charge in [0.05, 0.1) is 18.6 Å². The molecule has 10 N–H and O–H groups in total. The van der Waals surface area contributed by atoms with Crippen molar-refractivity contribution in [1.29, 1.82) is 0 Å². The summed E-state index contributed by atoms with van der Waals surface area (Å²) in [4.78, 5) is 65.0. The Bertz CT molecular complexity index is 1440. The molecule has 224 valence electrons. The number of fused-ring (bicyclic) bond motifs is 1. The summed E-state index contributed by atoms with van der Waals surface area (Å²) in [6, 6.07) is 7.10.